The third-order valence-corrected chi connectivity index (χ3v) is 3.97. The molecular formula is C13H18N6O. The molecule has 0 saturated carbocycles. The summed E-state index contributed by atoms with van der Waals surface area (Å²) in [6.45, 7) is 1.42. The lowest BCUT2D eigenvalue weighted by Crippen LogP contribution is -2.59. The number of nitrogens with one attached hydrogen (secondary N) is 2. The third kappa shape index (κ3) is 2.00. The summed E-state index contributed by atoms with van der Waals surface area (Å²) in [6.07, 6.45) is 4.63. The van der Waals surface area contributed by atoms with Gasteiger partial charge in [-0.2, -0.15) is 0 Å². The van der Waals surface area contributed by atoms with Gasteiger partial charge in [0.1, 0.15) is 17.8 Å². The topological polar surface area (TPSA) is 99.9 Å². The van der Waals surface area contributed by atoms with Crippen LogP contribution in [-0.4, -0.2) is 46.5 Å². The van der Waals surface area contributed by atoms with Gasteiger partial charge in [-0.3, -0.25) is 4.79 Å². The molecule has 0 aromatic carbocycles. The van der Waals surface area contributed by atoms with Gasteiger partial charge < -0.3 is 20.9 Å². The molecule has 7 nitrogen and oxygen atoms in total. The molecule has 106 valence electrons. The van der Waals surface area contributed by atoms with Gasteiger partial charge in [-0.05, 0) is 18.9 Å². The lowest BCUT2D eigenvalue weighted by molar-refractivity contribution is -0.126. The third-order valence-electron chi connectivity index (χ3n) is 3.97. The van der Waals surface area contributed by atoms with E-state index in [1.807, 2.05) is 12.3 Å². The lowest BCUT2D eigenvalue weighted by atomic mass is 9.87. The van der Waals surface area contributed by atoms with Crippen LogP contribution in [0, 0.1) is 0 Å². The van der Waals surface area contributed by atoms with E-state index < -0.39 is 5.54 Å². The summed E-state index contributed by atoms with van der Waals surface area (Å²) in [4.78, 5) is 25.6. The molecule has 0 spiro atoms. The van der Waals surface area contributed by atoms with Crippen molar-refractivity contribution in [3.63, 3.8) is 0 Å². The lowest BCUT2D eigenvalue weighted by Gasteiger charge is -2.38. The summed E-state index contributed by atoms with van der Waals surface area (Å²) in [5.41, 5.74) is 6.23. The number of aromatic nitrogens is 3. The maximum Gasteiger partial charge on any atom is 0.239 e. The normalized spacial score (nSPS) is 18.2. The highest BCUT2D eigenvalue weighted by Crippen LogP contribution is 2.27. The molecule has 2 aromatic heterocycles. The minimum atomic E-state index is -0.768. The minimum Gasteiger partial charge on any atom is -0.358 e. The van der Waals surface area contributed by atoms with Crippen LogP contribution in [0.5, 0.6) is 0 Å². The van der Waals surface area contributed by atoms with Gasteiger partial charge in [-0.25, -0.2) is 9.97 Å². The van der Waals surface area contributed by atoms with Crippen LogP contribution in [0.25, 0.3) is 11.0 Å². The Morgan fingerprint density at radius 1 is 1.45 bits per heavy atom. The van der Waals surface area contributed by atoms with Crippen molar-refractivity contribution in [2.45, 2.75) is 18.4 Å². The molecule has 1 saturated heterocycles. The molecule has 0 atom stereocenters. The van der Waals surface area contributed by atoms with Crippen molar-refractivity contribution in [2.75, 3.05) is 25.0 Å². The molecule has 7 heteroatoms. The van der Waals surface area contributed by atoms with E-state index in [0.717, 1.165) is 16.9 Å². The molecule has 0 aliphatic carbocycles. The zero-order valence-corrected chi connectivity index (χ0v) is 11.4. The average Bonchev–Trinajstić information content (AvgIpc) is 2.95. The quantitative estimate of drug-likeness (QED) is 0.716. The van der Waals surface area contributed by atoms with Gasteiger partial charge in [0.15, 0.2) is 0 Å². The van der Waals surface area contributed by atoms with E-state index in [9.17, 15) is 4.79 Å². The number of likely N-dealkylation sites (N-methyl/N-ethyl adjacent to an activating group) is 1. The van der Waals surface area contributed by atoms with Gasteiger partial charge in [0.2, 0.25) is 5.91 Å². The van der Waals surface area contributed by atoms with Gasteiger partial charge in [-0.1, -0.05) is 0 Å². The Balaban J connectivity index is 1.82. The van der Waals surface area contributed by atoms with E-state index in [1.165, 1.54) is 0 Å². The van der Waals surface area contributed by atoms with Crippen molar-refractivity contribution < 1.29 is 4.79 Å². The van der Waals surface area contributed by atoms with Crippen molar-refractivity contribution >= 4 is 22.8 Å². The molecule has 3 heterocycles. The molecule has 3 rings (SSSR count). The summed E-state index contributed by atoms with van der Waals surface area (Å²) < 4.78 is 0. The molecule has 0 bridgehead atoms. The van der Waals surface area contributed by atoms with E-state index >= 15 is 0 Å². The second kappa shape index (κ2) is 4.75. The molecule has 1 aliphatic rings. The average molecular weight is 274 g/mol. The highest BCUT2D eigenvalue weighted by atomic mass is 16.2. The second-order valence-electron chi connectivity index (χ2n) is 5.16. The number of carbonyl (C=O) groups is 1. The second-order valence-corrected chi connectivity index (χ2v) is 5.16. The highest BCUT2D eigenvalue weighted by Gasteiger charge is 2.37. The molecule has 1 amide bonds. The number of rotatable bonds is 2. The first-order valence-corrected chi connectivity index (χ1v) is 6.68. The van der Waals surface area contributed by atoms with Crippen molar-refractivity contribution in [1.82, 2.24) is 20.3 Å². The number of fused-ring (bicyclic) bond motifs is 1. The van der Waals surface area contributed by atoms with Crippen LogP contribution in [0.1, 0.15) is 12.8 Å². The minimum absolute atomic E-state index is 0.0911. The van der Waals surface area contributed by atoms with Crippen molar-refractivity contribution in [2.24, 2.45) is 5.73 Å². The number of carbonyl (C=O) groups excluding carboxylic acids is 1. The predicted molar refractivity (Wildman–Crippen MR) is 76.3 cm³/mol. The highest BCUT2D eigenvalue weighted by molar-refractivity contribution is 5.88. The number of H-pyrrole nitrogens is 1. The van der Waals surface area contributed by atoms with Crippen LogP contribution in [0.4, 0.5) is 5.82 Å². The Labute approximate surface area is 116 Å². The van der Waals surface area contributed by atoms with Crippen molar-refractivity contribution in [1.29, 1.82) is 0 Å². The fourth-order valence-electron chi connectivity index (χ4n) is 2.70. The fourth-order valence-corrected chi connectivity index (χ4v) is 2.70. The molecule has 0 unspecified atom stereocenters. The zero-order chi connectivity index (χ0) is 14.2. The van der Waals surface area contributed by atoms with Crippen molar-refractivity contribution in [3.05, 3.63) is 18.6 Å². The van der Waals surface area contributed by atoms with E-state index in [4.69, 9.17) is 5.73 Å². The summed E-state index contributed by atoms with van der Waals surface area (Å²) in [6, 6.07) is 1.97. The van der Waals surface area contributed by atoms with Crippen LogP contribution >= 0.6 is 0 Å². The van der Waals surface area contributed by atoms with Crippen LogP contribution in [0.3, 0.4) is 0 Å². The van der Waals surface area contributed by atoms with Crippen molar-refractivity contribution in [3.8, 4) is 0 Å². The maximum atomic E-state index is 11.8. The van der Waals surface area contributed by atoms with Crippen LogP contribution in [0.15, 0.2) is 18.6 Å². The Kier molecular flexibility index (Phi) is 3.06. The molecule has 1 aliphatic heterocycles. The summed E-state index contributed by atoms with van der Waals surface area (Å²) in [5, 5.41) is 3.64. The predicted octanol–water partition coefficient (Wildman–Crippen LogP) is 0.00160. The summed E-state index contributed by atoms with van der Waals surface area (Å²) in [5.74, 6) is 0.807. The van der Waals surface area contributed by atoms with Crippen LogP contribution < -0.4 is 16.0 Å². The number of hydrogen-bond acceptors (Lipinski definition) is 5. The standard InChI is InChI=1S/C13H18N6O/c1-15-12(20)13(14)3-6-19(7-4-13)11-9-2-5-16-10(9)17-8-18-11/h2,5,8H,3-4,6-7,14H2,1H3,(H,15,20)(H,16,17,18). The molecule has 0 radical (unpaired) electrons. The number of nitrogens with two attached hydrogens (primary N) is 1. The maximum absolute atomic E-state index is 11.8. The Bertz CT molecular complexity index is 629. The Morgan fingerprint density at radius 3 is 2.90 bits per heavy atom. The van der Waals surface area contributed by atoms with E-state index in [2.05, 4.69) is 25.2 Å². The summed E-state index contributed by atoms with van der Waals surface area (Å²) in [7, 11) is 1.62. The zero-order valence-electron chi connectivity index (χ0n) is 11.4. The van der Waals surface area contributed by atoms with E-state index in [0.29, 0.717) is 25.9 Å². The van der Waals surface area contributed by atoms with Gasteiger partial charge in [0, 0.05) is 26.3 Å². The molecular weight excluding hydrogens is 256 g/mol. The van der Waals surface area contributed by atoms with E-state index in [-0.39, 0.29) is 5.91 Å². The first-order chi connectivity index (χ1) is 9.64. The monoisotopic (exact) mass is 274 g/mol. The largest absolute Gasteiger partial charge is 0.358 e. The number of amides is 1. The SMILES string of the molecule is CNC(=O)C1(N)CCN(c2ncnc3[nH]ccc23)CC1. The summed E-state index contributed by atoms with van der Waals surface area (Å²) >= 11 is 0. The Hall–Kier alpha value is -2.15. The molecule has 2 aromatic rings. The van der Waals surface area contributed by atoms with E-state index in [1.54, 1.807) is 13.4 Å². The van der Waals surface area contributed by atoms with Gasteiger partial charge in [-0.15, -0.1) is 0 Å². The fraction of sp³-hybridized carbons (Fsp3) is 0.462. The molecule has 4 N–H and O–H groups in total. The number of piperidine rings is 1. The number of anilines is 1. The first-order valence-electron chi connectivity index (χ1n) is 6.68. The smallest absolute Gasteiger partial charge is 0.239 e. The number of nitrogens with zero attached hydrogens (tertiary/aromatic N) is 3. The first kappa shape index (κ1) is 12.9. The number of hydrogen-bond donors (Lipinski definition) is 3. The van der Waals surface area contributed by atoms with Gasteiger partial charge in [0.05, 0.1) is 10.9 Å². The number of aromatic amines is 1. The molecule has 1 fully saturated rings. The Morgan fingerprint density at radius 2 is 2.20 bits per heavy atom. The van der Waals surface area contributed by atoms with Gasteiger partial charge >= 0.3 is 0 Å². The molecule has 20 heavy (non-hydrogen) atoms. The van der Waals surface area contributed by atoms with Gasteiger partial charge in [0.25, 0.3) is 0 Å². The van der Waals surface area contributed by atoms with Crippen LogP contribution in [-0.2, 0) is 4.79 Å². The van der Waals surface area contributed by atoms with Crippen LogP contribution in [0.2, 0.25) is 0 Å².